The number of halogens is 3. The molecule has 0 aliphatic carbocycles. The van der Waals surface area contributed by atoms with E-state index >= 15 is 0 Å². The molecule has 3 rings (SSSR count). The Morgan fingerprint density at radius 2 is 1.93 bits per heavy atom. The first-order valence-electron chi connectivity index (χ1n) is 8.85. The van der Waals surface area contributed by atoms with Crippen molar-refractivity contribution in [2.75, 3.05) is 11.1 Å². The van der Waals surface area contributed by atoms with E-state index in [1.54, 1.807) is 26.1 Å². The summed E-state index contributed by atoms with van der Waals surface area (Å²) in [7, 11) is 1.54. The predicted octanol–water partition coefficient (Wildman–Crippen LogP) is 4.10. The number of nitrogens with one attached hydrogen (secondary N) is 1. The topological polar surface area (TPSA) is 108 Å². The molecule has 8 nitrogen and oxygen atoms in total. The Morgan fingerprint density at radius 3 is 2.60 bits per heavy atom. The number of ether oxygens (including phenoxy) is 1. The lowest BCUT2D eigenvalue weighted by Crippen LogP contribution is -2.20. The molecule has 0 aliphatic rings. The second-order valence-corrected chi connectivity index (χ2v) is 6.54. The molecule has 0 spiro atoms. The molecule has 158 valence electrons. The average molecular weight is 420 g/mol. The van der Waals surface area contributed by atoms with Gasteiger partial charge in [-0.3, -0.25) is 5.32 Å². The Kier molecular flexibility index (Phi) is 5.63. The highest BCUT2D eigenvalue weighted by Crippen LogP contribution is 2.35. The quantitative estimate of drug-likeness (QED) is 0.658. The summed E-state index contributed by atoms with van der Waals surface area (Å²) in [5.41, 5.74) is 6.50. The summed E-state index contributed by atoms with van der Waals surface area (Å²) in [5.74, 6) is 0.174. The number of anilines is 2. The second-order valence-electron chi connectivity index (χ2n) is 6.54. The SMILES string of the molecule is Cc1nc(-c2nnn(C)c2NC(=O)O[C@H](C)c2ccccc2C(F)(F)F)ccc1N. The molecule has 2 aromatic heterocycles. The lowest BCUT2D eigenvalue weighted by atomic mass is 10.0. The Balaban J connectivity index is 1.81. The van der Waals surface area contributed by atoms with E-state index in [4.69, 9.17) is 10.5 Å². The molecule has 3 N–H and O–H groups in total. The zero-order chi connectivity index (χ0) is 22.1. The van der Waals surface area contributed by atoms with E-state index in [1.807, 2.05) is 0 Å². The van der Waals surface area contributed by atoms with Crippen LogP contribution in [0.5, 0.6) is 0 Å². The van der Waals surface area contributed by atoms with Gasteiger partial charge in [-0.1, -0.05) is 23.4 Å². The molecule has 0 aliphatic heterocycles. The number of amides is 1. The van der Waals surface area contributed by atoms with Gasteiger partial charge in [-0.2, -0.15) is 13.2 Å². The summed E-state index contributed by atoms with van der Waals surface area (Å²) in [6.45, 7) is 3.08. The van der Waals surface area contributed by atoms with Crippen LogP contribution in [0.15, 0.2) is 36.4 Å². The standard InChI is InChI=1S/C19H19F3N6O2/c1-10-14(23)8-9-15(24-10)16-17(28(3)27-26-16)25-18(29)30-11(2)12-6-4-5-7-13(12)19(20,21)22/h4-9,11H,23H2,1-3H3,(H,25,29)/t11-/m1/s1. The number of rotatable bonds is 4. The second kappa shape index (κ2) is 8.01. The van der Waals surface area contributed by atoms with Crippen molar-refractivity contribution in [3.05, 3.63) is 53.2 Å². The fraction of sp³-hybridized carbons (Fsp3) is 0.263. The van der Waals surface area contributed by atoms with Gasteiger partial charge in [0, 0.05) is 12.6 Å². The number of hydrogen-bond acceptors (Lipinski definition) is 6. The van der Waals surface area contributed by atoms with Crippen LogP contribution in [0.3, 0.4) is 0 Å². The van der Waals surface area contributed by atoms with Crippen LogP contribution in [0.1, 0.15) is 29.8 Å². The molecule has 1 atom stereocenters. The Bertz CT molecular complexity index is 1080. The van der Waals surface area contributed by atoms with Crippen LogP contribution in [0.25, 0.3) is 11.4 Å². The maximum atomic E-state index is 13.2. The molecule has 0 saturated carbocycles. The van der Waals surface area contributed by atoms with Gasteiger partial charge in [0.15, 0.2) is 11.5 Å². The van der Waals surface area contributed by atoms with Gasteiger partial charge in [-0.25, -0.2) is 14.5 Å². The largest absolute Gasteiger partial charge is 0.441 e. The van der Waals surface area contributed by atoms with Crippen LogP contribution >= 0.6 is 0 Å². The van der Waals surface area contributed by atoms with Crippen molar-refractivity contribution in [1.82, 2.24) is 20.0 Å². The van der Waals surface area contributed by atoms with Crippen LogP contribution in [-0.2, 0) is 18.0 Å². The molecule has 2 heterocycles. The van der Waals surface area contributed by atoms with Gasteiger partial charge in [0.05, 0.1) is 22.6 Å². The fourth-order valence-corrected chi connectivity index (χ4v) is 2.83. The smallest absolute Gasteiger partial charge is 0.416 e. The molecular formula is C19H19F3N6O2. The molecule has 1 aromatic carbocycles. The van der Waals surface area contributed by atoms with Crippen molar-refractivity contribution in [3.63, 3.8) is 0 Å². The van der Waals surface area contributed by atoms with Crippen molar-refractivity contribution in [3.8, 4) is 11.4 Å². The first-order valence-corrected chi connectivity index (χ1v) is 8.85. The van der Waals surface area contributed by atoms with E-state index in [-0.39, 0.29) is 17.1 Å². The average Bonchev–Trinajstić information content (AvgIpc) is 3.03. The van der Waals surface area contributed by atoms with Crippen molar-refractivity contribution < 1.29 is 22.7 Å². The molecule has 0 fully saturated rings. The number of alkyl halides is 3. The lowest BCUT2D eigenvalue weighted by Gasteiger charge is -2.19. The monoisotopic (exact) mass is 420 g/mol. The van der Waals surface area contributed by atoms with Gasteiger partial charge in [0.25, 0.3) is 0 Å². The third kappa shape index (κ3) is 4.34. The number of benzene rings is 1. The van der Waals surface area contributed by atoms with E-state index in [2.05, 4.69) is 20.6 Å². The number of nitrogens with zero attached hydrogens (tertiary/aromatic N) is 4. The van der Waals surface area contributed by atoms with E-state index in [9.17, 15) is 18.0 Å². The zero-order valence-corrected chi connectivity index (χ0v) is 16.4. The highest BCUT2D eigenvalue weighted by molar-refractivity contribution is 5.88. The van der Waals surface area contributed by atoms with Crippen molar-refractivity contribution in [2.24, 2.45) is 7.05 Å². The van der Waals surface area contributed by atoms with E-state index < -0.39 is 23.9 Å². The molecule has 0 bridgehead atoms. The van der Waals surface area contributed by atoms with Gasteiger partial charge in [-0.15, -0.1) is 5.10 Å². The maximum Gasteiger partial charge on any atom is 0.416 e. The van der Waals surface area contributed by atoms with Crippen LogP contribution in [0, 0.1) is 6.92 Å². The number of hydrogen-bond donors (Lipinski definition) is 2. The molecule has 30 heavy (non-hydrogen) atoms. The Hall–Kier alpha value is -3.63. The number of pyridine rings is 1. The van der Waals surface area contributed by atoms with Gasteiger partial charge in [-0.05, 0) is 32.0 Å². The fourth-order valence-electron chi connectivity index (χ4n) is 2.83. The number of carbonyl (C=O) groups is 1. The van der Waals surface area contributed by atoms with Crippen molar-refractivity contribution >= 4 is 17.6 Å². The highest BCUT2D eigenvalue weighted by atomic mass is 19.4. The normalized spacial score (nSPS) is 12.5. The van der Waals surface area contributed by atoms with Crippen LogP contribution in [0.4, 0.5) is 29.5 Å². The number of aromatic nitrogens is 4. The number of nitrogens with two attached hydrogens (primary N) is 1. The van der Waals surface area contributed by atoms with Gasteiger partial charge in [0.1, 0.15) is 6.10 Å². The van der Waals surface area contributed by atoms with E-state index in [1.165, 1.54) is 29.8 Å². The molecule has 1 amide bonds. The molecule has 0 radical (unpaired) electrons. The van der Waals surface area contributed by atoms with Crippen molar-refractivity contribution in [2.45, 2.75) is 26.1 Å². The van der Waals surface area contributed by atoms with E-state index in [0.29, 0.717) is 17.1 Å². The third-order valence-corrected chi connectivity index (χ3v) is 4.40. The molecular weight excluding hydrogens is 401 g/mol. The number of aryl methyl sites for hydroxylation is 2. The summed E-state index contributed by atoms with van der Waals surface area (Å²) in [4.78, 5) is 16.7. The summed E-state index contributed by atoms with van der Waals surface area (Å²) < 4.78 is 46.1. The summed E-state index contributed by atoms with van der Waals surface area (Å²) in [6, 6.07) is 8.18. The maximum absolute atomic E-state index is 13.2. The molecule has 0 unspecified atom stereocenters. The van der Waals surface area contributed by atoms with Crippen LogP contribution in [-0.4, -0.2) is 26.1 Å². The minimum absolute atomic E-state index is 0.153. The third-order valence-electron chi connectivity index (χ3n) is 4.40. The van der Waals surface area contributed by atoms with Crippen LogP contribution < -0.4 is 11.1 Å². The summed E-state index contributed by atoms with van der Waals surface area (Å²) >= 11 is 0. The summed E-state index contributed by atoms with van der Waals surface area (Å²) in [6.07, 6.45) is -6.68. The minimum Gasteiger partial charge on any atom is -0.441 e. The summed E-state index contributed by atoms with van der Waals surface area (Å²) in [5, 5.41) is 10.3. The van der Waals surface area contributed by atoms with Gasteiger partial charge in [0.2, 0.25) is 0 Å². The molecule has 3 aromatic rings. The van der Waals surface area contributed by atoms with Crippen LogP contribution in [0.2, 0.25) is 0 Å². The van der Waals surface area contributed by atoms with E-state index in [0.717, 1.165) is 6.07 Å². The van der Waals surface area contributed by atoms with Gasteiger partial charge < -0.3 is 10.5 Å². The van der Waals surface area contributed by atoms with Crippen molar-refractivity contribution in [1.29, 1.82) is 0 Å². The minimum atomic E-state index is -4.57. The Labute approximate surface area is 169 Å². The molecule has 0 saturated heterocycles. The zero-order valence-electron chi connectivity index (χ0n) is 16.4. The van der Waals surface area contributed by atoms with Gasteiger partial charge >= 0.3 is 12.3 Å². The first-order chi connectivity index (χ1) is 14.1. The number of nitrogen functional groups attached to an aromatic ring is 1. The molecule has 11 heteroatoms. The Morgan fingerprint density at radius 1 is 1.23 bits per heavy atom. The predicted molar refractivity (Wildman–Crippen MR) is 103 cm³/mol. The lowest BCUT2D eigenvalue weighted by molar-refractivity contribution is -0.139. The number of carbonyl (C=O) groups excluding carboxylic acids is 1. The first kappa shape index (κ1) is 21.1. The highest BCUT2D eigenvalue weighted by Gasteiger charge is 2.35.